The third kappa shape index (κ3) is 5.53. The monoisotopic (exact) mass is 241 g/mol. The highest BCUT2D eigenvalue weighted by molar-refractivity contribution is 5.77. The lowest BCUT2D eigenvalue weighted by atomic mass is 9.79. The van der Waals surface area contributed by atoms with Crippen molar-refractivity contribution in [3.05, 3.63) is 0 Å². The standard InChI is InChI=1S/C14H27NO2/c1-10-6-7-12(8-11(10)2)15-13(16)9-17-14(3,4)5/h10-12H,6-9H2,1-5H3,(H,15,16). The Morgan fingerprint density at radius 3 is 2.41 bits per heavy atom. The molecule has 0 heterocycles. The molecule has 1 aliphatic rings. The van der Waals surface area contributed by atoms with Crippen molar-refractivity contribution in [1.82, 2.24) is 5.32 Å². The normalized spacial score (nSPS) is 30.1. The van der Waals surface area contributed by atoms with Gasteiger partial charge in [-0.2, -0.15) is 0 Å². The Morgan fingerprint density at radius 1 is 1.24 bits per heavy atom. The summed E-state index contributed by atoms with van der Waals surface area (Å²) in [7, 11) is 0. The molecule has 0 aromatic rings. The van der Waals surface area contributed by atoms with E-state index in [0.717, 1.165) is 18.8 Å². The van der Waals surface area contributed by atoms with Crippen LogP contribution >= 0.6 is 0 Å². The van der Waals surface area contributed by atoms with E-state index < -0.39 is 0 Å². The van der Waals surface area contributed by atoms with E-state index in [9.17, 15) is 4.79 Å². The Morgan fingerprint density at radius 2 is 1.88 bits per heavy atom. The fourth-order valence-electron chi connectivity index (χ4n) is 2.23. The van der Waals surface area contributed by atoms with Crippen molar-refractivity contribution in [2.24, 2.45) is 11.8 Å². The number of nitrogens with one attached hydrogen (secondary N) is 1. The second-order valence-electron chi connectivity index (χ2n) is 6.43. The third-order valence-corrected chi connectivity index (χ3v) is 3.60. The Labute approximate surface area is 105 Å². The van der Waals surface area contributed by atoms with Crippen LogP contribution in [0.25, 0.3) is 0 Å². The lowest BCUT2D eigenvalue weighted by Gasteiger charge is -2.32. The number of rotatable bonds is 3. The second-order valence-corrected chi connectivity index (χ2v) is 6.43. The average molecular weight is 241 g/mol. The molecule has 17 heavy (non-hydrogen) atoms. The van der Waals surface area contributed by atoms with Crippen molar-refractivity contribution < 1.29 is 9.53 Å². The van der Waals surface area contributed by atoms with Crippen LogP contribution < -0.4 is 5.32 Å². The van der Waals surface area contributed by atoms with Gasteiger partial charge in [0.1, 0.15) is 6.61 Å². The molecule has 0 radical (unpaired) electrons. The lowest BCUT2D eigenvalue weighted by molar-refractivity contribution is -0.131. The zero-order valence-corrected chi connectivity index (χ0v) is 11.9. The zero-order valence-electron chi connectivity index (χ0n) is 11.9. The predicted octanol–water partition coefficient (Wildman–Crippen LogP) is 2.74. The fraction of sp³-hybridized carbons (Fsp3) is 0.929. The number of hydrogen-bond acceptors (Lipinski definition) is 2. The van der Waals surface area contributed by atoms with Crippen molar-refractivity contribution >= 4 is 5.91 Å². The summed E-state index contributed by atoms with van der Waals surface area (Å²) in [5.41, 5.74) is -0.244. The van der Waals surface area contributed by atoms with Gasteiger partial charge >= 0.3 is 0 Å². The molecule has 1 saturated carbocycles. The van der Waals surface area contributed by atoms with E-state index in [1.54, 1.807) is 0 Å². The lowest BCUT2D eigenvalue weighted by Crippen LogP contribution is -2.42. The van der Waals surface area contributed by atoms with Crippen molar-refractivity contribution in [2.75, 3.05) is 6.61 Å². The SMILES string of the molecule is CC1CCC(NC(=O)COC(C)(C)C)CC1C. The molecule has 0 saturated heterocycles. The molecule has 0 aliphatic heterocycles. The Bertz CT molecular complexity index is 257. The number of amides is 1. The summed E-state index contributed by atoms with van der Waals surface area (Å²) in [6.07, 6.45) is 3.42. The van der Waals surface area contributed by atoms with Gasteiger partial charge in [0.05, 0.1) is 5.60 Å². The van der Waals surface area contributed by atoms with Gasteiger partial charge in [-0.25, -0.2) is 0 Å². The van der Waals surface area contributed by atoms with Crippen molar-refractivity contribution in [2.45, 2.75) is 65.5 Å². The molecule has 3 heteroatoms. The maximum absolute atomic E-state index is 11.7. The first kappa shape index (κ1) is 14.5. The molecule has 1 fully saturated rings. The first-order valence-electron chi connectivity index (χ1n) is 6.71. The van der Waals surface area contributed by atoms with Crippen LogP contribution in [-0.4, -0.2) is 24.2 Å². The molecule has 0 aromatic carbocycles. The van der Waals surface area contributed by atoms with Gasteiger partial charge in [-0.3, -0.25) is 4.79 Å². The van der Waals surface area contributed by atoms with E-state index in [2.05, 4.69) is 19.2 Å². The van der Waals surface area contributed by atoms with E-state index in [0.29, 0.717) is 12.0 Å². The van der Waals surface area contributed by atoms with Gasteiger partial charge in [-0.15, -0.1) is 0 Å². The highest BCUT2D eigenvalue weighted by atomic mass is 16.5. The summed E-state index contributed by atoms with van der Waals surface area (Å²) in [6, 6.07) is 0.345. The highest BCUT2D eigenvalue weighted by Crippen LogP contribution is 2.29. The maximum atomic E-state index is 11.7. The van der Waals surface area contributed by atoms with Gasteiger partial charge in [0.2, 0.25) is 5.91 Å². The molecule has 3 unspecified atom stereocenters. The van der Waals surface area contributed by atoms with E-state index in [-0.39, 0.29) is 18.1 Å². The summed E-state index contributed by atoms with van der Waals surface area (Å²) < 4.78 is 5.47. The van der Waals surface area contributed by atoms with E-state index in [1.165, 1.54) is 6.42 Å². The molecule has 0 bridgehead atoms. The second kappa shape index (κ2) is 5.85. The van der Waals surface area contributed by atoms with Crippen LogP contribution in [-0.2, 0) is 9.53 Å². The summed E-state index contributed by atoms with van der Waals surface area (Å²) in [6.45, 7) is 10.6. The van der Waals surface area contributed by atoms with E-state index >= 15 is 0 Å². The fourth-order valence-corrected chi connectivity index (χ4v) is 2.23. The number of hydrogen-bond donors (Lipinski definition) is 1. The summed E-state index contributed by atoms with van der Waals surface area (Å²) in [4.78, 5) is 11.7. The van der Waals surface area contributed by atoms with Crippen LogP contribution in [0.5, 0.6) is 0 Å². The predicted molar refractivity (Wildman–Crippen MR) is 69.8 cm³/mol. The summed E-state index contributed by atoms with van der Waals surface area (Å²) in [5, 5.41) is 3.08. The van der Waals surface area contributed by atoms with E-state index in [4.69, 9.17) is 4.74 Å². The smallest absolute Gasteiger partial charge is 0.246 e. The van der Waals surface area contributed by atoms with Crippen LogP contribution in [0.15, 0.2) is 0 Å². The van der Waals surface area contributed by atoms with Crippen LogP contribution in [0, 0.1) is 11.8 Å². The maximum Gasteiger partial charge on any atom is 0.246 e. The number of carbonyl (C=O) groups excluding carboxylic acids is 1. The van der Waals surface area contributed by atoms with Crippen LogP contribution in [0.3, 0.4) is 0 Å². The van der Waals surface area contributed by atoms with E-state index in [1.807, 2.05) is 20.8 Å². The minimum Gasteiger partial charge on any atom is -0.366 e. The van der Waals surface area contributed by atoms with Crippen molar-refractivity contribution in [3.8, 4) is 0 Å². The first-order chi connectivity index (χ1) is 7.78. The van der Waals surface area contributed by atoms with Gasteiger partial charge in [-0.05, 0) is 51.9 Å². The van der Waals surface area contributed by atoms with Gasteiger partial charge < -0.3 is 10.1 Å². The molecule has 0 spiro atoms. The van der Waals surface area contributed by atoms with Gasteiger partial charge in [0.15, 0.2) is 0 Å². The molecular weight excluding hydrogens is 214 g/mol. The molecule has 3 atom stereocenters. The zero-order chi connectivity index (χ0) is 13.1. The quantitative estimate of drug-likeness (QED) is 0.825. The minimum absolute atomic E-state index is 0.0201. The van der Waals surface area contributed by atoms with Crippen LogP contribution in [0.1, 0.15) is 53.9 Å². The van der Waals surface area contributed by atoms with Crippen LogP contribution in [0.2, 0.25) is 0 Å². The Balaban J connectivity index is 2.27. The van der Waals surface area contributed by atoms with Gasteiger partial charge in [-0.1, -0.05) is 13.8 Å². The third-order valence-electron chi connectivity index (χ3n) is 3.60. The number of carbonyl (C=O) groups is 1. The van der Waals surface area contributed by atoms with Gasteiger partial charge in [0.25, 0.3) is 0 Å². The molecule has 1 amide bonds. The molecule has 100 valence electrons. The summed E-state index contributed by atoms with van der Waals surface area (Å²) >= 11 is 0. The Hall–Kier alpha value is -0.570. The largest absolute Gasteiger partial charge is 0.366 e. The topological polar surface area (TPSA) is 38.3 Å². The summed E-state index contributed by atoms with van der Waals surface area (Å²) in [5.74, 6) is 1.51. The Kier molecular flexibility index (Phi) is 4.99. The first-order valence-corrected chi connectivity index (χ1v) is 6.71. The molecule has 3 nitrogen and oxygen atoms in total. The molecular formula is C14H27NO2. The van der Waals surface area contributed by atoms with Gasteiger partial charge in [0, 0.05) is 6.04 Å². The minimum atomic E-state index is -0.244. The molecule has 1 aliphatic carbocycles. The van der Waals surface area contributed by atoms with Crippen LogP contribution in [0.4, 0.5) is 0 Å². The van der Waals surface area contributed by atoms with Crippen molar-refractivity contribution in [1.29, 1.82) is 0 Å². The molecule has 1 N–H and O–H groups in total. The molecule has 1 rings (SSSR count). The van der Waals surface area contributed by atoms with Crippen molar-refractivity contribution in [3.63, 3.8) is 0 Å². The molecule has 0 aromatic heterocycles. The average Bonchev–Trinajstić information content (AvgIpc) is 2.20. The highest BCUT2D eigenvalue weighted by Gasteiger charge is 2.25. The number of ether oxygens (including phenoxy) is 1.